The first-order chi connectivity index (χ1) is 11.1. The van der Waals surface area contributed by atoms with Gasteiger partial charge in [-0.2, -0.15) is 0 Å². The van der Waals surface area contributed by atoms with Crippen LogP contribution in [0.3, 0.4) is 0 Å². The van der Waals surface area contributed by atoms with E-state index in [0.717, 1.165) is 49.9 Å². The van der Waals surface area contributed by atoms with E-state index in [1.807, 2.05) is 31.3 Å². The highest BCUT2D eigenvalue weighted by atomic mass is 127. The highest BCUT2D eigenvalue weighted by Gasteiger charge is 2.10. The van der Waals surface area contributed by atoms with Gasteiger partial charge in [-0.1, -0.05) is 37.1 Å². The average molecular weight is 468 g/mol. The van der Waals surface area contributed by atoms with Gasteiger partial charge in [0.25, 0.3) is 0 Å². The van der Waals surface area contributed by atoms with Crippen molar-refractivity contribution < 1.29 is 5.11 Å². The molecule has 138 valence electrons. The first kappa shape index (κ1) is 23.5. The molecule has 0 aliphatic rings. The Hall–Kier alpha value is -0.530. The fourth-order valence-electron chi connectivity index (χ4n) is 2.54. The highest BCUT2D eigenvalue weighted by molar-refractivity contribution is 14.0. The van der Waals surface area contributed by atoms with Crippen LogP contribution in [0.5, 0.6) is 0 Å². The molecule has 0 fully saturated rings. The summed E-state index contributed by atoms with van der Waals surface area (Å²) in [6.45, 7) is 6.84. The van der Waals surface area contributed by atoms with Crippen molar-refractivity contribution in [3.8, 4) is 0 Å². The van der Waals surface area contributed by atoms with Crippen molar-refractivity contribution in [3.63, 3.8) is 0 Å². The first-order valence-electron chi connectivity index (χ1n) is 8.45. The average Bonchev–Trinajstić information content (AvgIpc) is 2.53. The van der Waals surface area contributed by atoms with Gasteiger partial charge in [-0.25, -0.2) is 0 Å². The van der Waals surface area contributed by atoms with E-state index in [4.69, 9.17) is 16.6 Å². The molecule has 1 unspecified atom stereocenters. The Labute approximate surface area is 168 Å². The van der Waals surface area contributed by atoms with Gasteiger partial charge in [0, 0.05) is 38.3 Å². The Bertz CT molecular complexity index is 462. The van der Waals surface area contributed by atoms with E-state index in [1.54, 1.807) is 0 Å². The molecule has 0 aliphatic heterocycles. The number of nitrogens with zero attached hydrogens (tertiary/aromatic N) is 2. The number of aliphatic hydroxyl groups excluding tert-OH is 1. The molecule has 1 aromatic rings. The van der Waals surface area contributed by atoms with E-state index in [9.17, 15) is 5.11 Å². The van der Waals surface area contributed by atoms with Crippen LogP contribution in [-0.2, 0) is 6.54 Å². The van der Waals surface area contributed by atoms with E-state index < -0.39 is 0 Å². The van der Waals surface area contributed by atoms with Gasteiger partial charge in [-0.3, -0.25) is 4.99 Å². The van der Waals surface area contributed by atoms with Crippen LogP contribution < -0.4 is 5.32 Å². The van der Waals surface area contributed by atoms with Gasteiger partial charge in [0.1, 0.15) is 0 Å². The SMILES string of the molecule is CCCC(CCO)CN=C(NCC)N(C)Cc1ccc(Cl)cc1.I. The minimum Gasteiger partial charge on any atom is -0.396 e. The lowest BCUT2D eigenvalue weighted by Gasteiger charge is -2.23. The smallest absolute Gasteiger partial charge is 0.193 e. The van der Waals surface area contributed by atoms with Gasteiger partial charge in [0.2, 0.25) is 0 Å². The molecule has 0 aromatic heterocycles. The summed E-state index contributed by atoms with van der Waals surface area (Å²) in [5, 5.41) is 13.3. The second-order valence-electron chi connectivity index (χ2n) is 5.84. The van der Waals surface area contributed by atoms with Gasteiger partial charge in [0.15, 0.2) is 5.96 Å². The number of benzene rings is 1. The van der Waals surface area contributed by atoms with E-state index >= 15 is 0 Å². The summed E-state index contributed by atoms with van der Waals surface area (Å²) in [4.78, 5) is 6.88. The summed E-state index contributed by atoms with van der Waals surface area (Å²) in [7, 11) is 2.04. The zero-order valence-electron chi connectivity index (χ0n) is 15.0. The Balaban J connectivity index is 0.00000529. The van der Waals surface area contributed by atoms with Gasteiger partial charge in [-0.05, 0) is 43.4 Å². The zero-order chi connectivity index (χ0) is 17.1. The standard InChI is InChI=1S/C18H30ClN3O.HI/c1-4-6-15(11-12-23)13-21-18(20-5-2)22(3)14-16-7-9-17(19)10-8-16;/h7-10,15,23H,4-6,11-14H2,1-3H3,(H,20,21);1H. The van der Waals surface area contributed by atoms with Crippen LogP contribution in [0.4, 0.5) is 0 Å². The number of hydrogen-bond acceptors (Lipinski definition) is 2. The summed E-state index contributed by atoms with van der Waals surface area (Å²) in [6, 6.07) is 7.89. The summed E-state index contributed by atoms with van der Waals surface area (Å²) in [5.41, 5.74) is 1.20. The summed E-state index contributed by atoms with van der Waals surface area (Å²) >= 11 is 5.93. The summed E-state index contributed by atoms with van der Waals surface area (Å²) < 4.78 is 0. The molecule has 1 aromatic carbocycles. The van der Waals surface area contributed by atoms with Crippen LogP contribution in [0.2, 0.25) is 5.02 Å². The topological polar surface area (TPSA) is 47.9 Å². The third-order valence-corrected chi connectivity index (χ3v) is 4.01. The molecule has 6 heteroatoms. The predicted molar refractivity (Wildman–Crippen MR) is 114 cm³/mol. The summed E-state index contributed by atoms with van der Waals surface area (Å²) in [5.74, 6) is 1.35. The molecule has 0 aliphatic carbocycles. The Morgan fingerprint density at radius 1 is 1.25 bits per heavy atom. The van der Waals surface area contributed by atoms with Gasteiger partial charge in [-0.15, -0.1) is 24.0 Å². The maximum absolute atomic E-state index is 9.17. The maximum Gasteiger partial charge on any atom is 0.193 e. The molecular weight excluding hydrogens is 437 g/mol. The Morgan fingerprint density at radius 3 is 2.46 bits per heavy atom. The van der Waals surface area contributed by atoms with Crippen LogP contribution in [0.25, 0.3) is 0 Å². The van der Waals surface area contributed by atoms with Crippen molar-refractivity contribution in [1.29, 1.82) is 0 Å². The third kappa shape index (κ3) is 9.08. The predicted octanol–water partition coefficient (Wildman–Crippen LogP) is 4.15. The molecule has 0 spiro atoms. The first-order valence-corrected chi connectivity index (χ1v) is 8.83. The van der Waals surface area contributed by atoms with Crippen LogP contribution in [0.15, 0.2) is 29.3 Å². The molecule has 1 atom stereocenters. The van der Waals surface area contributed by atoms with E-state index in [-0.39, 0.29) is 30.6 Å². The normalized spacial score (nSPS) is 12.5. The van der Waals surface area contributed by atoms with Crippen molar-refractivity contribution in [2.24, 2.45) is 10.9 Å². The number of hydrogen-bond donors (Lipinski definition) is 2. The second-order valence-corrected chi connectivity index (χ2v) is 6.28. The van der Waals surface area contributed by atoms with Crippen molar-refractivity contribution in [1.82, 2.24) is 10.2 Å². The van der Waals surface area contributed by atoms with Crippen LogP contribution in [0, 0.1) is 5.92 Å². The zero-order valence-corrected chi connectivity index (χ0v) is 18.1. The van der Waals surface area contributed by atoms with Crippen molar-refractivity contribution in [3.05, 3.63) is 34.9 Å². The summed E-state index contributed by atoms with van der Waals surface area (Å²) in [6.07, 6.45) is 3.04. The lowest BCUT2D eigenvalue weighted by Crippen LogP contribution is -2.38. The molecule has 24 heavy (non-hydrogen) atoms. The minimum atomic E-state index is 0. The lowest BCUT2D eigenvalue weighted by molar-refractivity contribution is 0.253. The fourth-order valence-corrected chi connectivity index (χ4v) is 2.67. The maximum atomic E-state index is 9.17. The van der Waals surface area contributed by atoms with Crippen LogP contribution in [-0.4, -0.2) is 42.7 Å². The Kier molecular flexibility index (Phi) is 13.4. The number of aliphatic hydroxyl groups is 1. The van der Waals surface area contributed by atoms with Crippen molar-refractivity contribution in [2.75, 3.05) is 26.7 Å². The third-order valence-electron chi connectivity index (χ3n) is 3.76. The molecule has 2 N–H and O–H groups in total. The highest BCUT2D eigenvalue weighted by Crippen LogP contribution is 2.13. The lowest BCUT2D eigenvalue weighted by atomic mass is 10.0. The quantitative estimate of drug-likeness (QED) is 0.326. The van der Waals surface area contributed by atoms with Crippen LogP contribution >= 0.6 is 35.6 Å². The van der Waals surface area contributed by atoms with Gasteiger partial charge >= 0.3 is 0 Å². The van der Waals surface area contributed by atoms with E-state index in [1.165, 1.54) is 5.56 Å². The van der Waals surface area contributed by atoms with Gasteiger partial charge in [0.05, 0.1) is 0 Å². The number of nitrogens with one attached hydrogen (secondary N) is 1. The largest absolute Gasteiger partial charge is 0.396 e. The molecule has 0 amide bonds. The minimum absolute atomic E-state index is 0. The fraction of sp³-hybridized carbons (Fsp3) is 0.611. The molecule has 0 radical (unpaired) electrons. The number of rotatable bonds is 9. The molecule has 0 heterocycles. The van der Waals surface area contributed by atoms with E-state index in [2.05, 4.69) is 24.1 Å². The molecule has 1 rings (SSSR count). The number of halogens is 2. The van der Waals surface area contributed by atoms with E-state index in [0.29, 0.717) is 5.92 Å². The molecule has 0 saturated carbocycles. The number of aliphatic imine (C=N–C) groups is 1. The second kappa shape index (κ2) is 13.7. The molecule has 0 saturated heterocycles. The van der Waals surface area contributed by atoms with Crippen LogP contribution in [0.1, 0.15) is 38.7 Å². The molecule has 4 nitrogen and oxygen atoms in total. The number of guanidine groups is 1. The van der Waals surface area contributed by atoms with Crippen molar-refractivity contribution >= 4 is 41.5 Å². The molecular formula is C18H31ClIN3O. The van der Waals surface area contributed by atoms with Crippen molar-refractivity contribution in [2.45, 2.75) is 39.7 Å². The monoisotopic (exact) mass is 467 g/mol. The molecule has 0 bridgehead atoms. The van der Waals surface area contributed by atoms with Gasteiger partial charge < -0.3 is 15.3 Å². The Morgan fingerprint density at radius 2 is 1.92 bits per heavy atom.